The van der Waals surface area contributed by atoms with Crippen molar-refractivity contribution in [2.75, 3.05) is 17.6 Å². The molecule has 17 heavy (non-hydrogen) atoms. The molecular formula is C14H19N3. The molecule has 0 radical (unpaired) electrons. The number of pyridine rings is 1. The summed E-state index contributed by atoms with van der Waals surface area (Å²) in [4.78, 5) is 4.09. The maximum Gasteiger partial charge on any atom is 0.0630 e. The van der Waals surface area contributed by atoms with E-state index < -0.39 is 0 Å². The van der Waals surface area contributed by atoms with Gasteiger partial charge in [-0.05, 0) is 24.5 Å². The molecule has 1 aromatic carbocycles. The summed E-state index contributed by atoms with van der Waals surface area (Å²) in [6.07, 6.45) is 4.76. The van der Waals surface area contributed by atoms with Crippen LogP contribution in [0.2, 0.25) is 0 Å². The highest BCUT2D eigenvalue weighted by Crippen LogP contribution is 2.27. The molecule has 0 amide bonds. The fourth-order valence-corrected chi connectivity index (χ4v) is 1.84. The lowest BCUT2D eigenvalue weighted by Crippen LogP contribution is -2.06. The highest BCUT2D eigenvalue weighted by molar-refractivity contribution is 5.98. The van der Waals surface area contributed by atoms with Crippen molar-refractivity contribution >= 4 is 22.1 Å². The summed E-state index contributed by atoms with van der Waals surface area (Å²) in [6, 6.07) is 6.04. The molecule has 2 aromatic rings. The number of hydrogen-bond donors (Lipinski definition) is 2. The number of nitrogens with zero attached hydrogens (tertiary/aromatic N) is 1. The molecule has 1 heterocycles. The molecule has 0 fully saturated rings. The summed E-state index contributed by atoms with van der Waals surface area (Å²) < 4.78 is 0. The van der Waals surface area contributed by atoms with Crippen LogP contribution >= 0.6 is 0 Å². The fraction of sp³-hybridized carbons (Fsp3) is 0.357. The Labute approximate surface area is 102 Å². The molecule has 0 spiro atoms. The molecule has 0 aliphatic carbocycles. The third-order valence-electron chi connectivity index (χ3n) is 2.90. The Balaban J connectivity index is 2.21. The minimum atomic E-state index is 0.702. The number of hydrogen-bond acceptors (Lipinski definition) is 3. The zero-order valence-corrected chi connectivity index (χ0v) is 10.4. The largest absolute Gasteiger partial charge is 0.397 e. The van der Waals surface area contributed by atoms with Gasteiger partial charge in [0.25, 0.3) is 0 Å². The second-order valence-corrected chi connectivity index (χ2v) is 4.73. The lowest BCUT2D eigenvalue weighted by molar-refractivity contribution is 0.607. The number of benzene rings is 1. The van der Waals surface area contributed by atoms with Crippen LogP contribution < -0.4 is 11.1 Å². The first-order chi connectivity index (χ1) is 8.18. The highest BCUT2D eigenvalue weighted by atomic mass is 14.9. The second kappa shape index (κ2) is 5.04. The SMILES string of the molecule is CC(C)CCNc1ccc2cnccc2c1N. The number of nitrogens with one attached hydrogen (secondary N) is 1. The Morgan fingerprint density at radius 2 is 2.12 bits per heavy atom. The van der Waals surface area contributed by atoms with E-state index in [-0.39, 0.29) is 0 Å². The maximum atomic E-state index is 6.15. The lowest BCUT2D eigenvalue weighted by Gasteiger charge is -2.12. The van der Waals surface area contributed by atoms with Crippen molar-refractivity contribution in [2.24, 2.45) is 5.92 Å². The van der Waals surface area contributed by atoms with E-state index in [0.717, 1.165) is 35.1 Å². The van der Waals surface area contributed by atoms with Crippen LogP contribution in [0.3, 0.4) is 0 Å². The molecule has 90 valence electrons. The van der Waals surface area contributed by atoms with Gasteiger partial charge in [-0.25, -0.2) is 0 Å². The van der Waals surface area contributed by atoms with Gasteiger partial charge in [0.15, 0.2) is 0 Å². The van der Waals surface area contributed by atoms with Gasteiger partial charge in [0.05, 0.1) is 11.4 Å². The van der Waals surface area contributed by atoms with E-state index in [0.29, 0.717) is 5.92 Å². The lowest BCUT2D eigenvalue weighted by atomic mass is 10.1. The number of nitrogen functional groups attached to an aromatic ring is 1. The van der Waals surface area contributed by atoms with Crippen molar-refractivity contribution in [3.05, 3.63) is 30.6 Å². The van der Waals surface area contributed by atoms with Crippen LogP contribution in [0.1, 0.15) is 20.3 Å². The molecule has 3 heteroatoms. The number of rotatable bonds is 4. The third kappa shape index (κ3) is 2.67. The van der Waals surface area contributed by atoms with Gasteiger partial charge in [0.2, 0.25) is 0 Å². The molecule has 0 saturated carbocycles. The van der Waals surface area contributed by atoms with Crippen LogP contribution in [0.15, 0.2) is 30.6 Å². The molecular weight excluding hydrogens is 210 g/mol. The van der Waals surface area contributed by atoms with Crippen molar-refractivity contribution in [3.63, 3.8) is 0 Å². The molecule has 0 aliphatic rings. The zero-order chi connectivity index (χ0) is 12.3. The van der Waals surface area contributed by atoms with Crippen LogP contribution in [0, 0.1) is 5.92 Å². The standard InChI is InChI=1S/C14H19N3/c1-10(2)5-8-17-13-4-3-11-9-16-7-6-12(11)14(13)15/h3-4,6-7,9-10,17H,5,8,15H2,1-2H3. The summed E-state index contributed by atoms with van der Waals surface area (Å²) in [6.45, 7) is 5.40. The Kier molecular flexibility index (Phi) is 3.47. The number of aromatic nitrogens is 1. The molecule has 2 rings (SSSR count). The number of anilines is 2. The van der Waals surface area contributed by atoms with Crippen molar-refractivity contribution in [1.29, 1.82) is 0 Å². The van der Waals surface area contributed by atoms with Gasteiger partial charge in [-0.15, -0.1) is 0 Å². The van der Waals surface area contributed by atoms with Crippen LogP contribution in [-0.2, 0) is 0 Å². The van der Waals surface area contributed by atoms with E-state index in [4.69, 9.17) is 5.73 Å². The van der Waals surface area contributed by atoms with Crippen molar-refractivity contribution in [3.8, 4) is 0 Å². The minimum Gasteiger partial charge on any atom is -0.397 e. The monoisotopic (exact) mass is 229 g/mol. The zero-order valence-electron chi connectivity index (χ0n) is 10.4. The third-order valence-corrected chi connectivity index (χ3v) is 2.90. The molecule has 0 unspecified atom stereocenters. The van der Waals surface area contributed by atoms with Crippen molar-refractivity contribution < 1.29 is 0 Å². The second-order valence-electron chi connectivity index (χ2n) is 4.73. The van der Waals surface area contributed by atoms with E-state index in [9.17, 15) is 0 Å². The predicted octanol–water partition coefficient (Wildman–Crippen LogP) is 3.28. The Bertz CT molecular complexity index is 506. The molecule has 3 N–H and O–H groups in total. The van der Waals surface area contributed by atoms with Crippen LogP contribution in [0.25, 0.3) is 10.8 Å². The Morgan fingerprint density at radius 3 is 2.88 bits per heavy atom. The highest BCUT2D eigenvalue weighted by Gasteiger charge is 2.03. The van der Waals surface area contributed by atoms with E-state index in [1.165, 1.54) is 0 Å². The summed E-state index contributed by atoms with van der Waals surface area (Å²) in [7, 11) is 0. The summed E-state index contributed by atoms with van der Waals surface area (Å²) in [5, 5.41) is 5.54. The quantitative estimate of drug-likeness (QED) is 0.791. The Morgan fingerprint density at radius 1 is 1.29 bits per heavy atom. The first-order valence-corrected chi connectivity index (χ1v) is 6.04. The van der Waals surface area contributed by atoms with Gasteiger partial charge < -0.3 is 11.1 Å². The van der Waals surface area contributed by atoms with E-state index in [1.807, 2.05) is 18.3 Å². The van der Waals surface area contributed by atoms with Gasteiger partial charge >= 0.3 is 0 Å². The molecule has 3 nitrogen and oxygen atoms in total. The normalized spacial score (nSPS) is 11.0. The molecule has 0 aliphatic heterocycles. The Hall–Kier alpha value is -1.77. The predicted molar refractivity (Wildman–Crippen MR) is 74.1 cm³/mol. The van der Waals surface area contributed by atoms with Gasteiger partial charge in [-0.2, -0.15) is 0 Å². The molecule has 1 aromatic heterocycles. The van der Waals surface area contributed by atoms with Crippen LogP contribution in [0.4, 0.5) is 11.4 Å². The minimum absolute atomic E-state index is 0.702. The molecule has 0 atom stereocenters. The van der Waals surface area contributed by atoms with Gasteiger partial charge in [0.1, 0.15) is 0 Å². The fourth-order valence-electron chi connectivity index (χ4n) is 1.84. The molecule has 0 bridgehead atoms. The van der Waals surface area contributed by atoms with E-state index >= 15 is 0 Å². The van der Waals surface area contributed by atoms with Crippen LogP contribution in [0.5, 0.6) is 0 Å². The molecule has 0 saturated heterocycles. The van der Waals surface area contributed by atoms with E-state index in [1.54, 1.807) is 6.20 Å². The topological polar surface area (TPSA) is 50.9 Å². The van der Waals surface area contributed by atoms with E-state index in [2.05, 4.69) is 30.2 Å². The summed E-state index contributed by atoms with van der Waals surface area (Å²) >= 11 is 0. The van der Waals surface area contributed by atoms with Crippen LogP contribution in [-0.4, -0.2) is 11.5 Å². The number of fused-ring (bicyclic) bond motifs is 1. The first-order valence-electron chi connectivity index (χ1n) is 6.04. The van der Waals surface area contributed by atoms with Gasteiger partial charge in [0, 0.05) is 29.7 Å². The smallest absolute Gasteiger partial charge is 0.0630 e. The number of nitrogens with two attached hydrogens (primary N) is 1. The summed E-state index contributed by atoms with van der Waals surface area (Å²) in [5.41, 5.74) is 7.98. The van der Waals surface area contributed by atoms with Gasteiger partial charge in [-0.1, -0.05) is 19.9 Å². The van der Waals surface area contributed by atoms with Gasteiger partial charge in [-0.3, -0.25) is 4.98 Å². The van der Waals surface area contributed by atoms with Crippen molar-refractivity contribution in [2.45, 2.75) is 20.3 Å². The first kappa shape index (κ1) is 11.7. The maximum absolute atomic E-state index is 6.15. The van der Waals surface area contributed by atoms with Crippen molar-refractivity contribution in [1.82, 2.24) is 4.98 Å². The average molecular weight is 229 g/mol. The average Bonchev–Trinajstić information content (AvgIpc) is 2.32. The summed E-state index contributed by atoms with van der Waals surface area (Å²) in [5.74, 6) is 0.702.